The summed E-state index contributed by atoms with van der Waals surface area (Å²) in [5.41, 5.74) is 0. The molecule has 1 aromatic rings. The Labute approximate surface area is 95.1 Å². The van der Waals surface area contributed by atoms with Crippen molar-refractivity contribution in [3.8, 4) is 17.2 Å². The Morgan fingerprint density at radius 3 is 2.19 bits per heavy atom. The molecule has 4 heteroatoms. The topological polar surface area (TPSA) is 44.8 Å². The van der Waals surface area contributed by atoms with Gasteiger partial charge in [-0.3, -0.25) is 4.79 Å². The molecule has 1 rings (SSSR count). The summed E-state index contributed by atoms with van der Waals surface area (Å²) in [5.74, 6) is 1.83. The maximum Gasteiger partial charge on any atom is 0.203 e. The average molecular weight is 224 g/mol. The van der Waals surface area contributed by atoms with E-state index < -0.39 is 0 Å². The van der Waals surface area contributed by atoms with Crippen LogP contribution >= 0.6 is 0 Å². The van der Waals surface area contributed by atoms with Crippen LogP contribution in [-0.4, -0.2) is 26.6 Å². The first-order valence-corrected chi connectivity index (χ1v) is 5.02. The maximum atomic E-state index is 10.8. The molecule has 0 atom stereocenters. The fourth-order valence-electron chi connectivity index (χ4n) is 1.26. The van der Waals surface area contributed by atoms with Gasteiger partial charge in [0, 0.05) is 6.42 Å². The molecule has 4 nitrogen and oxygen atoms in total. The SMILES string of the molecule is COc1cccc(OC)c1OCCC(C)=O. The van der Waals surface area contributed by atoms with Gasteiger partial charge >= 0.3 is 0 Å². The van der Waals surface area contributed by atoms with Gasteiger partial charge in [-0.25, -0.2) is 0 Å². The first kappa shape index (κ1) is 12.4. The molecule has 0 aromatic heterocycles. The van der Waals surface area contributed by atoms with Crippen molar-refractivity contribution >= 4 is 5.78 Å². The van der Waals surface area contributed by atoms with Crippen LogP contribution in [-0.2, 0) is 4.79 Å². The number of ketones is 1. The van der Waals surface area contributed by atoms with Crippen LogP contribution in [0.5, 0.6) is 17.2 Å². The van der Waals surface area contributed by atoms with E-state index >= 15 is 0 Å². The van der Waals surface area contributed by atoms with Crippen LogP contribution < -0.4 is 14.2 Å². The lowest BCUT2D eigenvalue weighted by molar-refractivity contribution is -0.117. The molecule has 0 aliphatic carbocycles. The van der Waals surface area contributed by atoms with E-state index in [0.717, 1.165) is 0 Å². The van der Waals surface area contributed by atoms with Gasteiger partial charge in [-0.15, -0.1) is 0 Å². The van der Waals surface area contributed by atoms with E-state index in [1.165, 1.54) is 6.92 Å². The van der Waals surface area contributed by atoms with Crippen molar-refractivity contribution in [1.82, 2.24) is 0 Å². The zero-order valence-electron chi connectivity index (χ0n) is 9.78. The largest absolute Gasteiger partial charge is 0.493 e. The number of hydrogen-bond acceptors (Lipinski definition) is 4. The summed E-state index contributed by atoms with van der Waals surface area (Å²) in [7, 11) is 3.12. The Balaban J connectivity index is 2.78. The number of rotatable bonds is 6. The summed E-state index contributed by atoms with van der Waals surface area (Å²) >= 11 is 0. The number of methoxy groups -OCH3 is 2. The lowest BCUT2D eigenvalue weighted by Crippen LogP contribution is -2.04. The number of para-hydroxylation sites is 1. The predicted molar refractivity (Wildman–Crippen MR) is 60.3 cm³/mol. The van der Waals surface area contributed by atoms with E-state index in [0.29, 0.717) is 30.3 Å². The van der Waals surface area contributed by atoms with E-state index in [-0.39, 0.29) is 5.78 Å². The van der Waals surface area contributed by atoms with Crippen LogP contribution in [0, 0.1) is 0 Å². The van der Waals surface area contributed by atoms with Gasteiger partial charge in [-0.2, -0.15) is 0 Å². The van der Waals surface area contributed by atoms with Crippen molar-refractivity contribution in [3.05, 3.63) is 18.2 Å². The fourth-order valence-corrected chi connectivity index (χ4v) is 1.26. The molecule has 0 radical (unpaired) electrons. The number of Topliss-reactive ketones (excluding diaryl/α,β-unsaturated/α-hetero) is 1. The molecule has 0 bridgehead atoms. The Hall–Kier alpha value is -1.71. The number of carbonyl (C=O) groups is 1. The summed E-state index contributed by atoms with van der Waals surface area (Å²) in [4.78, 5) is 10.8. The molecule has 0 saturated carbocycles. The fraction of sp³-hybridized carbons (Fsp3) is 0.417. The van der Waals surface area contributed by atoms with Crippen molar-refractivity contribution in [2.24, 2.45) is 0 Å². The molecule has 0 spiro atoms. The van der Waals surface area contributed by atoms with Gasteiger partial charge in [0.15, 0.2) is 11.5 Å². The van der Waals surface area contributed by atoms with Gasteiger partial charge in [-0.1, -0.05) is 6.07 Å². The summed E-state index contributed by atoms with van der Waals surface area (Å²) in [6.45, 7) is 1.86. The molecule has 0 aliphatic heterocycles. The van der Waals surface area contributed by atoms with Crippen LogP contribution in [0.15, 0.2) is 18.2 Å². The number of benzene rings is 1. The lowest BCUT2D eigenvalue weighted by atomic mass is 10.3. The summed E-state index contributed by atoms with van der Waals surface area (Å²) in [6, 6.07) is 5.38. The molecular weight excluding hydrogens is 208 g/mol. The molecule has 0 fully saturated rings. The quantitative estimate of drug-likeness (QED) is 0.742. The van der Waals surface area contributed by atoms with Gasteiger partial charge in [-0.05, 0) is 19.1 Å². The number of carbonyl (C=O) groups excluding carboxylic acids is 1. The summed E-state index contributed by atoms with van der Waals surface area (Å²) in [6.07, 6.45) is 0.376. The third kappa shape index (κ3) is 3.15. The molecule has 0 N–H and O–H groups in total. The van der Waals surface area contributed by atoms with E-state index in [1.54, 1.807) is 26.4 Å². The zero-order valence-corrected chi connectivity index (χ0v) is 9.78. The Kier molecular flexibility index (Phi) is 4.64. The van der Waals surface area contributed by atoms with E-state index in [9.17, 15) is 4.79 Å². The van der Waals surface area contributed by atoms with Crippen molar-refractivity contribution in [2.75, 3.05) is 20.8 Å². The van der Waals surface area contributed by atoms with Gasteiger partial charge in [0.05, 0.1) is 20.8 Å². The third-order valence-corrected chi connectivity index (χ3v) is 2.08. The van der Waals surface area contributed by atoms with Gasteiger partial charge in [0.25, 0.3) is 0 Å². The maximum absolute atomic E-state index is 10.8. The average Bonchev–Trinajstić information content (AvgIpc) is 2.28. The minimum atomic E-state index is 0.0915. The highest BCUT2D eigenvalue weighted by molar-refractivity contribution is 5.75. The molecule has 1 aromatic carbocycles. The molecule has 0 saturated heterocycles. The highest BCUT2D eigenvalue weighted by atomic mass is 16.5. The molecule has 0 amide bonds. The van der Waals surface area contributed by atoms with Crippen LogP contribution in [0.4, 0.5) is 0 Å². The first-order chi connectivity index (χ1) is 7.69. The second-order valence-electron chi connectivity index (χ2n) is 3.29. The molecular formula is C12H16O4. The van der Waals surface area contributed by atoms with Gasteiger partial charge in [0.1, 0.15) is 5.78 Å². The van der Waals surface area contributed by atoms with E-state index in [4.69, 9.17) is 14.2 Å². The summed E-state index contributed by atoms with van der Waals surface area (Å²) in [5, 5.41) is 0. The second-order valence-corrected chi connectivity index (χ2v) is 3.29. The van der Waals surface area contributed by atoms with Crippen molar-refractivity contribution in [2.45, 2.75) is 13.3 Å². The molecule has 0 unspecified atom stereocenters. The standard InChI is InChI=1S/C12H16O4/c1-9(13)7-8-16-12-10(14-2)5-4-6-11(12)15-3/h4-6H,7-8H2,1-3H3. The molecule has 16 heavy (non-hydrogen) atoms. The van der Waals surface area contributed by atoms with Gasteiger partial charge < -0.3 is 14.2 Å². The smallest absolute Gasteiger partial charge is 0.203 e. The summed E-state index contributed by atoms with van der Waals surface area (Å²) < 4.78 is 15.8. The monoisotopic (exact) mass is 224 g/mol. The van der Waals surface area contributed by atoms with Crippen LogP contribution in [0.2, 0.25) is 0 Å². The molecule has 0 heterocycles. The van der Waals surface area contributed by atoms with Crippen LogP contribution in [0.3, 0.4) is 0 Å². The van der Waals surface area contributed by atoms with E-state index in [1.807, 2.05) is 6.07 Å². The van der Waals surface area contributed by atoms with Crippen LogP contribution in [0.25, 0.3) is 0 Å². The highest BCUT2D eigenvalue weighted by Crippen LogP contribution is 2.36. The number of ether oxygens (including phenoxy) is 3. The number of hydrogen-bond donors (Lipinski definition) is 0. The van der Waals surface area contributed by atoms with Crippen molar-refractivity contribution < 1.29 is 19.0 Å². The highest BCUT2D eigenvalue weighted by Gasteiger charge is 2.10. The van der Waals surface area contributed by atoms with Crippen LogP contribution in [0.1, 0.15) is 13.3 Å². The van der Waals surface area contributed by atoms with Gasteiger partial charge in [0.2, 0.25) is 5.75 Å². The Bertz CT molecular complexity index is 338. The Morgan fingerprint density at radius 1 is 1.19 bits per heavy atom. The minimum Gasteiger partial charge on any atom is -0.493 e. The normalized spacial score (nSPS) is 9.69. The third-order valence-electron chi connectivity index (χ3n) is 2.08. The lowest BCUT2D eigenvalue weighted by Gasteiger charge is -2.13. The van der Waals surface area contributed by atoms with E-state index in [2.05, 4.69) is 0 Å². The zero-order chi connectivity index (χ0) is 12.0. The molecule has 0 aliphatic rings. The Morgan fingerprint density at radius 2 is 1.75 bits per heavy atom. The molecule has 88 valence electrons. The van der Waals surface area contributed by atoms with Crippen molar-refractivity contribution in [3.63, 3.8) is 0 Å². The van der Waals surface area contributed by atoms with Crippen molar-refractivity contribution in [1.29, 1.82) is 0 Å². The minimum absolute atomic E-state index is 0.0915. The predicted octanol–water partition coefficient (Wildman–Crippen LogP) is 2.06. The first-order valence-electron chi connectivity index (χ1n) is 5.02. The second kappa shape index (κ2) is 6.00.